The van der Waals surface area contributed by atoms with Gasteiger partial charge >= 0.3 is 0 Å². The summed E-state index contributed by atoms with van der Waals surface area (Å²) in [5, 5.41) is -0.0363. The highest BCUT2D eigenvalue weighted by molar-refractivity contribution is 7.89. The Bertz CT molecular complexity index is 856. The number of hydrazine groups is 1. The number of carbonyl (C=O) groups is 1. The van der Waals surface area contributed by atoms with Gasteiger partial charge in [0.15, 0.2) is 6.61 Å². The number of halogens is 2. The molecule has 0 saturated carbocycles. The lowest BCUT2D eigenvalue weighted by atomic mass is 10.2. The second-order valence-corrected chi connectivity index (χ2v) is 7.20. The van der Waals surface area contributed by atoms with Crippen LogP contribution in [0.3, 0.4) is 0 Å². The van der Waals surface area contributed by atoms with Crippen LogP contribution in [-0.4, -0.2) is 20.9 Å². The number of hydrogen-bond donors (Lipinski definition) is 2. The SMILES string of the molecule is Cc1ccccc1OCC(=O)NNS(=O)(=O)c1cccc(Cl)c1Cl. The summed E-state index contributed by atoms with van der Waals surface area (Å²) in [5.41, 5.74) is 2.91. The predicted molar refractivity (Wildman–Crippen MR) is 91.6 cm³/mol. The monoisotopic (exact) mass is 388 g/mol. The van der Waals surface area contributed by atoms with Gasteiger partial charge < -0.3 is 4.74 Å². The summed E-state index contributed by atoms with van der Waals surface area (Å²) in [4.78, 5) is 13.4. The fourth-order valence-corrected chi connectivity index (χ4v) is 3.39. The average molecular weight is 389 g/mol. The molecule has 9 heteroatoms. The van der Waals surface area contributed by atoms with Crippen LogP contribution in [0, 0.1) is 6.92 Å². The highest BCUT2D eigenvalue weighted by Crippen LogP contribution is 2.28. The number of aryl methyl sites for hydroxylation is 1. The molecule has 0 unspecified atom stereocenters. The molecule has 0 aromatic heterocycles. The van der Waals surface area contributed by atoms with Gasteiger partial charge in [0.1, 0.15) is 10.6 Å². The molecule has 2 N–H and O–H groups in total. The summed E-state index contributed by atoms with van der Waals surface area (Å²) in [6.45, 7) is 1.48. The number of amides is 1. The number of ether oxygens (including phenoxy) is 1. The van der Waals surface area contributed by atoms with E-state index >= 15 is 0 Å². The van der Waals surface area contributed by atoms with Crippen LogP contribution in [0.25, 0.3) is 0 Å². The summed E-state index contributed by atoms with van der Waals surface area (Å²) in [6.07, 6.45) is 0. The second kappa shape index (κ2) is 7.85. The van der Waals surface area contributed by atoms with Crippen molar-refractivity contribution >= 4 is 39.1 Å². The Kier molecular flexibility index (Phi) is 6.06. The van der Waals surface area contributed by atoms with Crippen molar-refractivity contribution in [2.24, 2.45) is 0 Å². The van der Waals surface area contributed by atoms with Crippen molar-refractivity contribution < 1.29 is 17.9 Å². The van der Waals surface area contributed by atoms with Gasteiger partial charge in [-0.25, -0.2) is 8.42 Å². The molecule has 0 bridgehead atoms. The Morgan fingerprint density at radius 3 is 2.54 bits per heavy atom. The van der Waals surface area contributed by atoms with Crippen LogP contribution < -0.4 is 15.0 Å². The molecule has 0 aliphatic carbocycles. The Balaban J connectivity index is 1.96. The highest BCUT2D eigenvalue weighted by atomic mass is 35.5. The molecule has 128 valence electrons. The third-order valence-electron chi connectivity index (χ3n) is 2.98. The van der Waals surface area contributed by atoms with Crippen LogP contribution >= 0.6 is 23.2 Å². The van der Waals surface area contributed by atoms with Crippen molar-refractivity contribution in [3.63, 3.8) is 0 Å². The second-order valence-electron chi connectivity index (χ2n) is 4.76. The maximum absolute atomic E-state index is 12.1. The molecule has 6 nitrogen and oxygen atoms in total. The molecule has 0 aliphatic rings. The average Bonchev–Trinajstić information content (AvgIpc) is 2.54. The van der Waals surface area contributed by atoms with E-state index in [0.29, 0.717) is 5.75 Å². The fourth-order valence-electron chi connectivity index (χ4n) is 1.77. The Morgan fingerprint density at radius 1 is 1.12 bits per heavy atom. The van der Waals surface area contributed by atoms with Crippen molar-refractivity contribution in [3.05, 3.63) is 58.1 Å². The van der Waals surface area contributed by atoms with Gasteiger partial charge in [0.05, 0.1) is 10.0 Å². The minimum atomic E-state index is -4.05. The minimum Gasteiger partial charge on any atom is -0.483 e. The third kappa shape index (κ3) is 4.61. The quantitative estimate of drug-likeness (QED) is 0.744. The van der Waals surface area contributed by atoms with E-state index in [1.54, 1.807) is 12.1 Å². The van der Waals surface area contributed by atoms with Crippen LogP contribution in [0.2, 0.25) is 10.0 Å². The van der Waals surface area contributed by atoms with E-state index in [4.69, 9.17) is 27.9 Å². The van der Waals surface area contributed by atoms with E-state index in [-0.39, 0.29) is 21.5 Å². The fraction of sp³-hybridized carbons (Fsp3) is 0.133. The van der Waals surface area contributed by atoms with Gasteiger partial charge in [0.2, 0.25) is 0 Å². The number of carbonyl (C=O) groups excluding carboxylic acids is 1. The Morgan fingerprint density at radius 2 is 1.83 bits per heavy atom. The maximum Gasteiger partial charge on any atom is 0.272 e. The lowest BCUT2D eigenvalue weighted by molar-refractivity contribution is -0.123. The van der Waals surface area contributed by atoms with Gasteiger partial charge in [-0.05, 0) is 30.7 Å². The van der Waals surface area contributed by atoms with Crippen LogP contribution in [0.5, 0.6) is 5.75 Å². The molecule has 2 rings (SSSR count). The first-order valence-electron chi connectivity index (χ1n) is 6.74. The number of nitrogens with one attached hydrogen (secondary N) is 2. The Labute approximate surface area is 149 Å². The van der Waals surface area contributed by atoms with Gasteiger partial charge in [-0.3, -0.25) is 10.2 Å². The molecule has 24 heavy (non-hydrogen) atoms. The van der Waals surface area contributed by atoms with E-state index in [2.05, 4.69) is 5.43 Å². The van der Waals surface area contributed by atoms with E-state index in [9.17, 15) is 13.2 Å². The Hall–Kier alpha value is -1.80. The molecular weight excluding hydrogens is 375 g/mol. The lowest BCUT2D eigenvalue weighted by Crippen LogP contribution is -2.43. The van der Waals surface area contributed by atoms with Gasteiger partial charge in [-0.2, -0.15) is 0 Å². The molecular formula is C15H14Cl2N2O4S. The first-order valence-corrected chi connectivity index (χ1v) is 8.98. The smallest absolute Gasteiger partial charge is 0.272 e. The standard InChI is InChI=1S/C15H14Cl2N2O4S/c1-10-5-2-3-7-12(10)23-9-14(20)18-19-24(21,22)13-8-4-6-11(16)15(13)17/h2-8,19H,9H2,1H3,(H,18,20). The minimum absolute atomic E-state index is 0.0914. The topological polar surface area (TPSA) is 84.5 Å². The summed E-state index contributed by atoms with van der Waals surface area (Å²) in [7, 11) is -4.05. The molecule has 0 heterocycles. The largest absolute Gasteiger partial charge is 0.483 e. The number of sulfonamides is 1. The van der Waals surface area contributed by atoms with E-state index in [0.717, 1.165) is 5.56 Å². The van der Waals surface area contributed by atoms with Gasteiger partial charge in [-0.1, -0.05) is 47.5 Å². The van der Waals surface area contributed by atoms with Crippen LogP contribution in [0.1, 0.15) is 5.56 Å². The molecule has 0 spiro atoms. The zero-order valence-corrected chi connectivity index (χ0v) is 14.9. The zero-order valence-electron chi connectivity index (χ0n) is 12.5. The number of rotatable bonds is 6. The number of benzene rings is 2. The molecule has 0 atom stereocenters. The summed E-state index contributed by atoms with van der Waals surface area (Å²) >= 11 is 11.6. The van der Waals surface area contributed by atoms with Gasteiger partial charge in [-0.15, -0.1) is 4.83 Å². The van der Waals surface area contributed by atoms with Crippen molar-refractivity contribution in [2.45, 2.75) is 11.8 Å². The van der Waals surface area contributed by atoms with Crippen LogP contribution in [-0.2, 0) is 14.8 Å². The molecule has 0 fully saturated rings. The van der Waals surface area contributed by atoms with Crippen molar-refractivity contribution in [2.75, 3.05) is 6.61 Å². The molecule has 1 amide bonds. The van der Waals surface area contributed by atoms with Crippen molar-refractivity contribution in [1.82, 2.24) is 10.3 Å². The predicted octanol–water partition coefficient (Wildman–Crippen LogP) is 2.69. The van der Waals surface area contributed by atoms with E-state index in [1.807, 2.05) is 23.9 Å². The number of para-hydroxylation sites is 1. The number of hydrogen-bond acceptors (Lipinski definition) is 4. The van der Waals surface area contributed by atoms with Crippen molar-refractivity contribution in [1.29, 1.82) is 0 Å². The first kappa shape index (κ1) is 18.5. The van der Waals surface area contributed by atoms with E-state index < -0.39 is 15.9 Å². The highest BCUT2D eigenvalue weighted by Gasteiger charge is 2.20. The molecule has 2 aromatic rings. The lowest BCUT2D eigenvalue weighted by Gasteiger charge is -2.11. The molecule has 2 aromatic carbocycles. The maximum atomic E-state index is 12.1. The molecule has 0 radical (unpaired) electrons. The first-order chi connectivity index (χ1) is 11.3. The van der Waals surface area contributed by atoms with E-state index in [1.165, 1.54) is 18.2 Å². The van der Waals surface area contributed by atoms with Crippen molar-refractivity contribution in [3.8, 4) is 5.75 Å². The van der Waals surface area contributed by atoms with Crippen LogP contribution in [0.15, 0.2) is 47.4 Å². The third-order valence-corrected chi connectivity index (χ3v) is 5.20. The zero-order chi connectivity index (χ0) is 17.7. The van der Waals surface area contributed by atoms with Crippen LogP contribution in [0.4, 0.5) is 0 Å². The molecule has 0 saturated heterocycles. The summed E-state index contributed by atoms with van der Waals surface area (Å²) in [5.74, 6) is -0.131. The van der Waals surface area contributed by atoms with Gasteiger partial charge in [0, 0.05) is 0 Å². The molecule has 0 aliphatic heterocycles. The summed E-state index contributed by atoms with van der Waals surface area (Å²) < 4.78 is 29.6. The summed E-state index contributed by atoms with van der Waals surface area (Å²) in [6, 6.07) is 11.3. The van der Waals surface area contributed by atoms with Gasteiger partial charge in [0.25, 0.3) is 15.9 Å². The normalized spacial score (nSPS) is 11.1.